The number of nitrogens with zero attached hydrogens (tertiary/aromatic N) is 3. The first kappa shape index (κ1) is 28.6. The Kier molecular flexibility index (Phi) is 8.99. The standard InChI is InChI=1S/C36H36N4O2/c1-3-40-34-12-8-7-11-32(34)33-22-29(16-19-35(33)40)38-36(42)20-13-26(2)21-31(41)25-39(24-28-9-5-4-6-10-28)30-17-14-27(23-37)15-18-30/h4-12,14-19,22,26H,3,13,20-21,24-25H2,1-2H3,(H,38,42). The lowest BCUT2D eigenvalue weighted by atomic mass is 9.98. The first-order chi connectivity index (χ1) is 20.4. The van der Waals surface area contributed by atoms with Gasteiger partial charge in [-0.2, -0.15) is 5.26 Å². The van der Waals surface area contributed by atoms with E-state index in [0.717, 1.165) is 34.4 Å². The molecule has 0 radical (unpaired) electrons. The Labute approximate surface area is 247 Å². The lowest BCUT2D eigenvalue weighted by Gasteiger charge is -2.25. The van der Waals surface area contributed by atoms with Crippen molar-refractivity contribution in [2.75, 3.05) is 16.8 Å². The molecule has 1 N–H and O–H groups in total. The Balaban J connectivity index is 1.17. The van der Waals surface area contributed by atoms with Gasteiger partial charge < -0.3 is 14.8 Å². The minimum Gasteiger partial charge on any atom is -0.360 e. The van der Waals surface area contributed by atoms with Crippen LogP contribution >= 0.6 is 0 Å². The Morgan fingerprint density at radius 2 is 1.62 bits per heavy atom. The van der Waals surface area contributed by atoms with Gasteiger partial charge in [0.1, 0.15) is 0 Å². The van der Waals surface area contributed by atoms with Gasteiger partial charge in [-0.05, 0) is 73.4 Å². The van der Waals surface area contributed by atoms with E-state index < -0.39 is 0 Å². The third-order valence-corrected chi connectivity index (χ3v) is 7.76. The maximum Gasteiger partial charge on any atom is 0.224 e. The van der Waals surface area contributed by atoms with Gasteiger partial charge in [0.15, 0.2) is 5.78 Å². The van der Waals surface area contributed by atoms with Gasteiger partial charge in [0.2, 0.25) is 5.91 Å². The second-order valence-corrected chi connectivity index (χ2v) is 10.9. The fourth-order valence-electron chi connectivity index (χ4n) is 5.63. The minimum absolute atomic E-state index is 0.0452. The molecule has 1 atom stereocenters. The van der Waals surface area contributed by atoms with Crippen LogP contribution in [0.4, 0.5) is 11.4 Å². The molecule has 1 aromatic heterocycles. The van der Waals surface area contributed by atoms with Crippen molar-refractivity contribution in [3.63, 3.8) is 0 Å². The molecule has 0 saturated heterocycles. The average molecular weight is 557 g/mol. The molecule has 6 heteroatoms. The number of hydrogen-bond acceptors (Lipinski definition) is 4. The summed E-state index contributed by atoms with van der Waals surface area (Å²) in [6.07, 6.45) is 1.38. The van der Waals surface area contributed by atoms with Gasteiger partial charge in [-0.25, -0.2) is 0 Å². The number of amides is 1. The number of carbonyl (C=O) groups is 2. The van der Waals surface area contributed by atoms with Crippen molar-refractivity contribution >= 4 is 44.9 Å². The summed E-state index contributed by atoms with van der Waals surface area (Å²) in [6, 6.07) is 34.0. The molecule has 1 unspecified atom stereocenters. The van der Waals surface area contributed by atoms with Crippen LogP contribution in [0.5, 0.6) is 0 Å². The highest BCUT2D eigenvalue weighted by Gasteiger charge is 2.17. The molecule has 0 saturated carbocycles. The summed E-state index contributed by atoms with van der Waals surface area (Å²) in [7, 11) is 0. The number of aromatic nitrogens is 1. The monoisotopic (exact) mass is 556 g/mol. The van der Waals surface area contributed by atoms with Crippen molar-refractivity contribution in [3.8, 4) is 6.07 Å². The Morgan fingerprint density at radius 3 is 2.36 bits per heavy atom. The number of ketones is 1. The van der Waals surface area contributed by atoms with Crippen LogP contribution in [0.25, 0.3) is 21.8 Å². The molecule has 0 fully saturated rings. The molecule has 0 spiro atoms. The van der Waals surface area contributed by atoms with E-state index in [-0.39, 0.29) is 24.2 Å². The van der Waals surface area contributed by atoms with Crippen molar-refractivity contribution in [3.05, 3.63) is 108 Å². The van der Waals surface area contributed by atoms with E-state index in [1.54, 1.807) is 12.1 Å². The molecule has 212 valence electrons. The highest BCUT2D eigenvalue weighted by molar-refractivity contribution is 6.09. The molecule has 1 heterocycles. The highest BCUT2D eigenvalue weighted by Crippen LogP contribution is 2.31. The van der Waals surface area contributed by atoms with E-state index in [1.165, 1.54) is 10.9 Å². The summed E-state index contributed by atoms with van der Waals surface area (Å²) in [5, 5.41) is 14.5. The SMILES string of the molecule is CCn1c2ccccc2c2cc(NC(=O)CCC(C)CC(=O)CN(Cc3ccccc3)c3ccc(C#N)cc3)ccc21. The maximum atomic E-state index is 13.1. The number of carbonyl (C=O) groups excluding carboxylic acids is 2. The third-order valence-electron chi connectivity index (χ3n) is 7.76. The zero-order chi connectivity index (χ0) is 29.5. The summed E-state index contributed by atoms with van der Waals surface area (Å²) < 4.78 is 2.29. The molecule has 0 aliphatic rings. The van der Waals surface area contributed by atoms with Crippen LogP contribution in [0, 0.1) is 17.2 Å². The second-order valence-electron chi connectivity index (χ2n) is 10.9. The van der Waals surface area contributed by atoms with Gasteiger partial charge in [0.05, 0.1) is 18.2 Å². The zero-order valence-electron chi connectivity index (χ0n) is 24.2. The van der Waals surface area contributed by atoms with Gasteiger partial charge in [0.25, 0.3) is 0 Å². The summed E-state index contributed by atoms with van der Waals surface area (Å²) in [5.74, 6) is 0.157. The molecule has 5 aromatic rings. The topological polar surface area (TPSA) is 78.1 Å². The lowest BCUT2D eigenvalue weighted by Crippen LogP contribution is -2.30. The molecule has 42 heavy (non-hydrogen) atoms. The second kappa shape index (κ2) is 13.2. The van der Waals surface area contributed by atoms with Crippen LogP contribution in [0.1, 0.15) is 44.2 Å². The van der Waals surface area contributed by atoms with Gasteiger partial charge >= 0.3 is 0 Å². The fourth-order valence-corrected chi connectivity index (χ4v) is 5.63. The maximum absolute atomic E-state index is 13.1. The van der Waals surface area contributed by atoms with Crippen LogP contribution in [0.15, 0.2) is 97.1 Å². The van der Waals surface area contributed by atoms with E-state index in [1.807, 2.05) is 66.4 Å². The average Bonchev–Trinajstić information content (AvgIpc) is 3.33. The summed E-state index contributed by atoms with van der Waals surface area (Å²) in [6.45, 7) is 5.91. The molecular weight excluding hydrogens is 520 g/mol. The Morgan fingerprint density at radius 1 is 0.905 bits per heavy atom. The predicted molar refractivity (Wildman–Crippen MR) is 170 cm³/mol. The van der Waals surface area contributed by atoms with Crippen LogP contribution in [-0.4, -0.2) is 22.8 Å². The van der Waals surface area contributed by atoms with Crippen molar-refractivity contribution in [2.24, 2.45) is 5.92 Å². The van der Waals surface area contributed by atoms with Crippen LogP contribution in [0.2, 0.25) is 0 Å². The normalized spacial score (nSPS) is 11.7. The van der Waals surface area contributed by atoms with Crippen molar-refractivity contribution in [1.82, 2.24) is 4.57 Å². The number of nitriles is 1. The molecule has 5 rings (SSSR count). The molecule has 0 aliphatic carbocycles. The summed E-state index contributed by atoms with van der Waals surface area (Å²) in [4.78, 5) is 28.0. The number of nitrogens with one attached hydrogen (secondary N) is 1. The number of rotatable bonds is 12. The molecule has 0 bridgehead atoms. The molecular formula is C36H36N4O2. The molecule has 0 aliphatic heterocycles. The van der Waals surface area contributed by atoms with E-state index in [9.17, 15) is 9.59 Å². The number of benzene rings is 4. The number of hydrogen-bond donors (Lipinski definition) is 1. The van der Waals surface area contributed by atoms with E-state index in [0.29, 0.717) is 31.4 Å². The van der Waals surface area contributed by atoms with Gasteiger partial charge in [0, 0.05) is 59.1 Å². The van der Waals surface area contributed by atoms with E-state index in [4.69, 9.17) is 5.26 Å². The number of anilines is 2. The van der Waals surface area contributed by atoms with Gasteiger partial charge in [-0.1, -0.05) is 55.5 Å². The fraction of sp³-hybridized carbons (Fsp3) is 0.250. The largest absolute Gasteiger partial charge is 0.360 e. The number of Topliss-reactive ketones (excluding diaryl/α,β-unsaturated/α-hetero) is 1. The van der Waals surface area contributed by atoms with Gasteiger partial charge in [-0.15, -0.1) is 0 Å². The van der Waals surface area contributed by atoms with Crippen LogP contribution in [0.3, 0.4) is 0 Å². The quantitative estimate of drug-likeness (QED) is 0.171. The predicted octanol–water partition coefficient (Wildman–Crippen LogP) is 7.71. The van der Waals surface area contributed by atoms with Crippen molar-refractivity contribution < 1.29 is 9.59 Å². The Bertz CT molecular complexity index is 1730. The summed E-state index contributed by atoms with van der Waals surface area (Å²) >= 11 is 0. The molecule has 6 nitrogen and oxygen atoms in total. The van der Waals surface area contributed by atoms with Gasteiger partial charge in [-0.3, -0.25) is 9.59 Å². The highest BCUT2D eigenvalue weighted by atomic mass is 16.1. The Hall–Kier alpha value is -4.89. The van der Waals surface area contributed by atoms with Crippen molar-refractivity contribution in [2.45, 2.75) is 46.2 Å². The smallest absolute Gasteiger partial charge is 0.224 e. The number of aryl methyl sites for hydroxylation is 1. The first-order valence-corrected chi connectivity index (χ1v) is 14.6. The minimum atomic E-state index is -0.0452. The molecule has 4 aromatic carbocycles. The molecule has 1 amide bonds. The first-order valence-electron chi connectivity index (χ1n) is 14.6. The number of para-hydroxylation sites is 1. The third kappa shape index (κ3) is 6.70. The summed E-state index contributed by atoms with van der Waals surface area (Å²) in [5.41, 5.74) is 5.73. The van der Waals surface area contributed by atoms with E-state index in [2.05, 4.69) is 53.2 Å². The van der Waals surface area contributed by atoms with E-state index >= 15 is 0 Å². The zero-order valence-corrected chi connectivity index (χ0v) is 24.2. The van der Waals surface area contributed by atoms with Crippen LogP contribution in [-0.2, 0) is 22.7 Å². The van der Waals surface area contributed by atoms with Crippen molar-refractivity contribution in [1.29, 1.82) is 5.26 Å². The lowest BCUT2D eigenvalue weighted by molar-refractivity contribution is -0.119. The number of fused-ring (bicyclic) bond motifs is 3. The van der Waals surface area contributed by atoms with Crippen LogP contribution < -0.4 is 10.2 Å².